The summed E-state index contributed by atoms with van der Waals surface area (Å²) in [6.07, 6.45) is 0. The highest BCUT2D eigenvalue weighted by Gasteiger charge is 2.38. The molecule has 2 N–H and O–H groups in total. The average molecular weight is 530 g/mol. The summed E-state index contributed by atoms with van der Waals surface area (Å²) in [5, 5.41) is 13.9. The van der Waals surface area contributed by atoms with Crippen LogP contribution in [0.1, 0.15) is 33.9 Å². The number of carbonyl (C=O) groups is 1. The van der Waals surface area contributed by atoms with Crippen molar-refractivity contribution >= 4 is 17.7 Å². The minimum atomic E-state index is -0.873. The van der Waals surface area contributed by atoms with Crippen LogP contribution in [-0.2, 0) is 9.54 Å². The van der Waals surface area contributed by atoms with Crippen LogP contribution in [-0.4, -0.2) is 22.9 Å². The van der Waals surface area contributed by atoms with Crippen molar-refractivity contribution < 1.29 is 9.90 Å². The van der Waals surface area contributed by atoms with Crippen LogP contribution in [0.15, 0.2) is 152 Å². The maximum Gasteiger partial charge on any atom is 0.321 e. The number of hydrogen-bond acceptors (Lipinski definition) is 3. The topological polar surface area (TPSA) is 49.3 Å². The van der Waals surface area contributed by atoms with Crippen LogP contribution in [0.3, 0.4) is 0 Å². The van der Waals surface area contributed by atoms with Crippen molar-refractivity contribution in [2.45, 2.75) is 16.8 Å². The van der Waals surface area contributed by atoms with Crippen molar-refractivity contribution in [3.63, 3.8) is 0 Å². The Bertz CT molecular complexity index is 1310. The van der Waals surface area contributed by atoms with Gasteiger partial charge in [0.2, 0.25) is 0 Å². The molecule has 0 radical (unpaired) electrons. The van der Waals surface area contributed by atoms with E-state index in [1.807, 2.05) is 115 Å². The number of carboxylic acid groups (broad SMARTS) is 1. The fourth-order valence-electron chi connectivity index (χ4n) is 5.04. The summed E-state index contributed by atoms with van der Waals surface area (Å²) in [6, 6.07) is 50.1. The number of nitrogens with one attached hydrogen (secondary N) is 1. The molecular formula is C35H31NO2S. The summed E-state index contributed by atoms with van der Waals surface area (Å²) in [5.74, 6) is -0.521. The SMILES string of the molecule is O=C(O)C(CSC(c1ccccc1)(c1ccccc1)c1ccccc1)NC(c1ccccc1)c1ccccc1. The molecule has 5 rings (SSSR count). The van der Waals surface area contributed by atoms with Gasteiger partial charge in [-0.05, 0) is 27.8 Å². The van der Waals surface area contributed by atoms with Gasteiger partial charge >= 0.3 is 5.97 Å². The van der Waals surface area contributed by atoms with Gasteiger partial charge in [-0.15, -0.1) is 11.8 Å². The molecule has 0 saturated heterocycles. The Morgan fingerprint density at radius 1 is 0.590 bits per heavy atom. The lowest BCUT2D eigenvalue weighted by molar-refractivity contribution is -0.139. The first-order valence-electron chi connectivity index (χ1n) is 13.1. The van der Waals surface area contributed by atoms with Crippen molar-refractivity contribution in [2.24, 2.45) is 0 Å². The summed E-state index contributed by atoms with van der Waals surface area (Å²) >= 11 is 1.65. The fraction of sp³-hybridized carbons (Fsp3) is 0.114. The molecule has 0 heterocycles. The molecule has 39 heavy (non-hydrogen) atoms. The van der Waals surface area contributed by atoms with E-state index in [2.05, 4.69) is 41.7 Å². The molecule has 3 nitrogen and oxygen atoms in total. The first-order valence-corrected chi connectivity index (χ1v) is 14.1. The van der Waals surface area contributed by atoms with Gasteiger partial charge in [-0.2, -0.15) is 0 Å². The quantitative estimate of drug-likeness (QED) is 0.174. The second-order valence-electron chi connectivity index (χ2n) is 9.40. The Kier molecular flexibility index (Phi) is 8.57. The van der Waals surface area contributed by atoms with Crippen molar-refractivity contribution in [3.8, 4) is 0 Å². The van der Waals surface area contributed by atoms with Gasteiger partial charge in [0.25, 0.3) is 0 Å². The zero-order chi connectivity index (χ0) is 26.9. The maximum absolute atomic E-state index is 12.7. The molecule has 0 aliphatic carbocycles. The minimum absolute atomic E-state index is 0.256. The monoisotopic (exact) mass is 529 g/mol. The summed E-state index contributed by atoms with van der Waals surface area (Å²) in [6.45, 7) is 0. The molecule has 194 valence electrons. The van der Waals surface area contributed by atoms with Crippen LogP contribution >= 0.6 is 11.8 Å². The van der Waals surface area contributed by atoms with E-state index in [9.17, 15) is 9.90 Å². The number of benzene rings is 5. The van der Waals surface area contributed by atoms with E-state index >= 15 is 0 Å². The lowest BCUT2D eigenvalue weighted by Gasteiger charge is -2.36. The van der Waals surface area contributed by atoms with E-state index in [1.54, 1.807) is 11.8 Å². The van der Waals surface area contributed by atoms with E-state index in [4.69, 9.17) is 0 Å². The van der Waals surface area contributed by atoms with Crippen molar-refractivity contribution in [3.05, 3.63) is 179 Å². The summed E-state index contributed by atoms with van der Waals surface area (Å²) < 4.78 is -0.589. The van der Waals surface area contributed by atoms with E-state index in [0.29, 0.717) is 5.75 Å². The fourth-order valence-corrected chi connectivity index (χ4v) is 6.61. The van der Waals surface area contributed by atoms with E-state index in [-0.39, 0.29) is 6.04 Å². The number of rotatable bonds is 11. The van der Waals surface area contributed by atoms with Gasteiger partial charge < -0.3 is 5.11 Å². The smallest absolute Gasteiger partial charge is 0.321 e. The molecule has 4 heteroatoms. The van der Waals surface area contributed by atoms with Gasteiger partial charge in [0, 0.05) is 5.75 Å². The van der Waals surface area contributed by atoms with Crippen LogP contribution < -0.4 is 5.32 Å². The van der Waals surface area contributed by atoms with E-state index < -0.39 is 16.8 Å². The lowest BCUT2D eigenvalue weighted by Crippen LogP contribution is -2.42. The summed E-state index contributed by atoms with van der Waals surface area (Å²) in [4.78, 5) is 12.7. The predicted octanol–water partition coefficient (Wildman–Crippen LogP) is 7.54. The van der Waals surface area contributed by atoms with Crippen molar-refractivity contribution in [2.75, 3.05) is 5.75 Å². The minimum Gasteiger partial charge on any atom is -0.480 e. The second-order valence-corrected chi connectivity index (χ2v) is 10.6. The van der Waals surface area contributed by atoms with E-state index in [1.165, 1.54) is 0 Å². The zero-order valence-corrected chi connectivity index (χ0v) is 22.4. The summed E-state index contributed by atoms with van der Waals surface area (Å²) in [7, 11) is 0. The van der Waals surface area contributed by atoms with Gasteiger partial charge in [-0.1, -0.05) is 152 Å². The zero-order valence-electron chi connectivity index (χ0n) is 21.6. The summed E-state index contributed by atoms with van der Waals surface area (Å²) in [5.41, 5.74) is 5.39. The van der Waals surface area contributed by atoms with Crippen LogP contribution in [0.4, 0.5) is 0 Å². The van der Waals surface area contributed by atoms with Gasteiger partial charge in [-0.25, -0.2) is 0 Å². The average Bonchev–Trinajstić information content (AvgIpc) is 3.01. The normalized spacial score (nSPS) is 12.2. The number of aliphatic carboxylic acids is 1. The molecule has 1 atom stereocenters. The number of carboxylic acids is 1. The van der Waals surface area contributed by atoms with E-state index in [0.717, 1.165) is 27.8 Å². The van der Waals surface area contributed by atoms with Crippen molar-refractivity contribution in [1.29, 1.82) is 0 Å². The molecule has 0 saturated carbocycles. The molecule has 0 aliphatic heterocycles. The van der Waals surface area contributed by atoms with Gasteiger partial charge in [-0.3, -0.25) is 10.1 Å². The first kappa shape index (κ1) is 26.5. The Labute approximate surface area is 234 Å². The Balaban J connectivity index is 1.55. The Morgan fingerprint density at radius 3 is 1.26 bits per heavy atom. The third-order valence-corrected chi connectivity index (χ3v) is 8.58. The maximum atomic E-state index is 12.7. The standard InChI is InChI=1S/C35H31NO2S/c37-34(38)32(36-33(27-16-6-1-7-17-27)28-18-8-2-9-19-28)26-39-35(29-20-10-3-11-21-29,30-22-12-4-13-23-30)31-24-14-5-15-25-31/h1-25,32-33,36H,26H2,(H,37,38). The molecule has 1 unspecified atom stereocenters. The van der Waals surface area contributed by atoms with Crippen LogP contribution in [0.2, 0.25) is 0 Å². The largest absolute Gasteiger partial charge is 0.480 e. The lowest BCUT2D eigenvalue weighted by atomic mass is 9.84. The Morgan fingerprint density at radius 2 is 0.923 bits per heavy atom. The van der Waals surface area contributed by atoms with Crippen molar-refractivity contribution in [1.82, 2.24) is 5.32 Å². The predicted molar refractivity (Wildman–Crippen MR) is 161 cm³/mol. The first-order chi connectivity index (χ1) is 19.2. The van der Waals surface area contributed by atoms with Crippen LogP contribution in [0.5, 0.6) is 0 Å². The molecule has 5 aromatic carbocycles. The highest BCUT2D eigenvalue weighted by Crippen LogP contribution is 2.48. The molecular weight excluding hydrogens is 498 g/mol. The number of hydrogen-bond donors (Lipinski definition) is 2. The van der Waals surface area contributed by atoms with Gasteiger partial charge in [0.1, 0.15) is 6.04 Å². The molecule has 0 aromatic heterocycles. The Hall–Kier alpha value is -4.12. The highest BCUT2D eigenvalue weighted by molar-refractivity contribution is 8.00. The van der Waals surface area contributed by atoms with Crippen LogP contribution in [0, 0.1) is 0 Å². The molecule has 0 aliphatic rings. The van der Waals surface area contributed by atoms with Gasteiger partial charge in [0.15, 0.2) is 0 Å². The van der Waals surface area contributed by atoms with Gasteiger partial charge in [0.05, 0.1) is 10.8 Å². The molecule has 5 aromatic rings. The van der Waals surface area contributed by atoms with Crippen LogP contribution in [0.25, 0.3) is 0 Å². The number of thioether (sulfide) groups is 1. The highest BCUT2D eigenvalue weighted by atomic mass is 32.2. The second kappa shape index (κ2) is 12.6. The molecule has 0 amide bonds. The molecule has 0 spiro atoms. The molecule has 0 bridgehead atoms. The molecule has 0 fully saturated rings. The third-order valence-electron chi connectivity index (χ3n) is 6.94. The third kappa shape index (κ3) is 5.98.